The molecule has 0 fully saturated rings. The third-order valence-electron chi connectivity index (χ3n) is 2.01. The lowest BCUT2D eigenvalue weighted by atomic mass is 10.2. The van der Waals surface area contributed by atoms with Crippen LogP contribution in [0.2, 0.25) is 0 Å². The molecule has 0 bridgehead atoms. The number of ether oxygens (including phenoxy) is 1. The summed E-state index contributed by atoms with van der Waals surface area (Å²) >= 11 is 0. The first-order valence-corrected chi connectivity index (χ1v) is 4.42. The van der Waals surface area contributed by atoms with Gasteiger partial charge in [0.25, 0.3) is 0 Å². The molecule has 0 saturated carbocycles. The Bertz CT molecular complexity index is 572. The molecule has 1 aromatic heterocycles. The second-order valence-corrected chi connectivity index (χ2v) is 3.10. The van der Waals surface area contributed by atoms with Crippen molar-refractivity contribution in [1.82, 2.24) is 0 Å². The van der Waals surface area contributed by atoms with E-state index >= 15 is 0 Å². The molecule has 82 valence electrons. The number of nitrogens with zero attached hydrogens (tertiary/aromatic N) is 1. The van der Waals surface area contributed by atoms with E-state index in [9.17, 15) is 14.9 Å². The van der Waals surface area contributed by atoms with Crippen molar-refractivity contribution < 1.29 is 18.9 Å². The lowest BCUT2D eigenvalue weighted by Crippen LogP contribution is -2.01. The monoisotopic (exact) mass is 221 g/mol. The maximum atomic E-state index is 10.8. The van der Waals surface area contributed by atoms with Gasteiger partial charge in [-0.2, -0.15) is 0 Å². The highest BCUT2D eigenvalue weighted by molar-refractivity contribution is 5.92. The normalized spacial score (nSPS) is 10.3. The van der Waals surface area contributed by atoms with Crippen LogP contribution >= 0.6 is 0 Å². The molecule has 2 rings (SSSR count). The zero-order valence-corrected chi connectivity index (χ0v) is 8.30. The van der Waals surface area contributed by atoms with Crippen molar-refractivity contribution in [3.8, 4) is 5.75 Å². The van der Waals surface area contributed by atoms with E-state index in [1.807, 2.05) is 0 Å². The number of nitro benzene ring substituents is 1. The number of nitro groups is 1. The van der Waals surface area contributed by atoms with Crippen LogP contribution in [-0.2, 0) is 4.79 Å². The van der Waals surface area contributed by atoms with Gasteiger partial charge < -0.3 is 9.15 Å². The maximum Gasteiger partial charge on any atom is 0.312 e. The molecule has 0 atom stereocenters. The predicted octanol–water partition coefficient (Wildman–Crippen LogP) is 2.27. The number of carbonyl (C=O) groups is 1. The summed E-state index contributed by atoms with van der Waals surface area (Å²) in [5, 5.41) is 11.1. The Morgan fingerprint density at radius 3 is 2.81 bits per heavy atom. The van der Waals surface area contributed by atoms with E-state index in [1.165, 1.54) is 31.4 Å². The van der Waals surface area contributed by atoms with Crippen molar-refractivity contribution in [2.75, 3.05) is 0 Å². The Labute approximate surface area is 89.6 Å². The minimum absolute atomic E-state index is 0.101. The van der Waals surface area contributed by atoms with E-state index in [0.29, 0.717) is 5.39 Å². The molecule has 0 N–H and O–H groups in total. The van der Waals surface area contributed by atoms with Crippen molar-refractivity contribution in [1.29, 1.82) is 0 Å². The highest BCUT2D eigenvalue weighted by Gasteiger charge is 2.18. The van der Waals surface area contributed by atoms with Gasteiger partial charge >= 0.3 is 11.7 Å². The van der Waals surface area contributed by atoms with Gasteiger partial charge in [-0.3, -0.25) is 14.9 Å². The zero-order valence-electron chi connectivity index (χ0n) is 8.30. The van der Waals surface area contributed by atoms with Gasteiger partial charge in [0.1, 0.15) is 5.75 Å². The lowest BCUT2D eigenvalue weighted by molar-refractivity contribution is -0.383. The molecule has 0 saturated heterocycles. The fraction of sp³-hybridized carbons (Fsp3) is 0.100. The number of hydrogen-bond donors (Lipinski definition) is 0. The van der Waals surface area contributed by atoms with Gasteiger partial charge in [0, 0.05) is 13.0 Å². The number of hydrogen-bond acceptors (Lipinski definition) is 5. The first-order valence-electron chi connectivity index (χ1n) is 4.42. The molecule has 0 radical (unpaired) electrons. The first-order chi connectivity index (χ1) is 7.59. The summed E-state index contributed by atoms with van der Waals surface area (Å²) in [6.07, 6.45) is 1.31. The number of rotatable bonds is 2. The van der Waals surface area contributed by atoms with Crippen molar-refractivity contribution in [2.45, 2.75) is 6.92 Å². The van der Waals surface area contributed by atoms with E-state index in [-0.39, 0.29) is 17.0 Å². The zero-order chi connectivity index (χ0) is 11.7. The van der Waals surface area contributed by atoms with E-state index in [4.69, 9.17) is 9.15 Å². The van der Waals surface area contributed by atoms with Crippen LogP contribution in [0, 0.1) is 10.1 Å². The Morgan fingerprint density at radius 1 is 1.44 bits per heavy atom. The first kappa shape index (κ1) is 10.2. The summed E-state index contributed by atoms with van der Waals surface area (Å²) in [4.78, 5) is 20.9. The number of benzene rings is 1. The standard InChI is InChI=1S/C10H7NO5/c1-6(12)16-9-3-2-8(11(13)14)10-7(9)4-5-15-10/h2-5H,1H3. The summed E-state index contributed by atoms with van der Waals surface area (Å²) in [6.45, 7) is 1.26. The van der Waals surface area contributed by atoms with Gasteiger partial charge in [0.15, 0.2) is 0 Å². The van der Waals surface area contributed by atoms with Crippen LogP contribution in [0.1, 0.15) is 6.92 Å². The Hall–Kier alpha value is -2.37. The van der Waals surface area contributed by atoms with Gasteiger partial charge in [-0.25, -0.2) is 0 Å². The lowest BCUT2D eigenvalue weighted by Gasteiger charge is -2.01. The Balaban J connectivity index is 2.63. The molecular weight excluding hydrogens is 214 g/mol. The third kappa shape index (κ3) is 1.60. The molecule has 0 aliphatic heterocycles. The van der Waals surface area contributed by atoms with Crippen LogP contribution in [0.4, 0.5) is 5.69 Å². The maximum absolute atomic E-state index is 10.8. The summed E-state index contributed by atoms with van der Waals surface area (Å²) in [7, 11) is 0. The molecule has 1 heterocycles. The van der Waals surface area contributed by atoms with Gasteiger partial charge in [0.2, 0.25) is 5.58 Å². The minimum atomic E-state index is -0.552. The van der Waals surface area contributed by atoms with Crippen LogP contribution in [0.3, 0.4) is 0 Å². The summed E-state index contributed by atoms with van der Waals surface area (Å²) in [5.41, 5.74) is -0.0559. The van der Waals surface area contributed by atoms with E-state index in [2.05, 4.69) is 0 Å². The molecule has 0 aliphatic carbocycles. The number of furan rings is 1. The molecular formula is C10H7NO5. The van der Waals surface area contributed by atoms with Crippen LogP contribution in [-0.4, -0.2) is 10.9 Å². The Morgan fingerprint density at radius 2 is 2.19 bits per heavy atom. The quantitative estimate of drug-likeness (QED) is 0.336. The highest BCUT2D eigenvalue weighted by Crippen LogP contribution is 2.33. The smallest absolute Gasteiger partial charge is 0.312 e. The van der Waals surface area contributed by atoms with Crippen molar-refractivity contribution in [3.63, 3.8) is 0 Å². The molecule has 0 unspecified atom stereocenters. The number of non-ortho nitro benzene ring substituents is 1. The van der Waals surface area contributed by atoms with Crippen LogP contribution in [0.5, 0.6) is 5.75 Å². The molecule has 0 aliphatic rings. The summed E-state index contributed by atoms with van der Waals surface area (Å²) in [5.74, 6) is -0.238. The van der Waals surface area contributed by atoms with E-state index in [1.54, 1.807) is 0 Å². The largest absolute Gasteiger partial charge is 0.457 e. The van der Waals surface area contributed by atoms with Gasteiger partial charge in [0.05, 0.1) is 16.6 Å². The molecule has 2 aromatic rings. The second-order valence-electron chi connectivity index (χ2n) is 3.10. The molecule has 6 heteroatoms. The van der Waals surface area contributed by atoms with Crippen LogP contribution in [0.15, 0.2) is 28.9 Å². The average molecular weight is 221 g/mol. The fourth-order valence-electron chi connectivity index (χ4n) is 1.41. The molecule has 1 aromatic carbocycles. The predicted molar refractivity (Wildman–Crippen MR) is 54.2 cm³/mol. The number of esters is 1. The fourth-order valence-corrected chi connectivity index (χ4v) is 1.41. The molecule has 0 spiro atoms. The topological polar surface area (TPSA) is 82.6 Å². The third-order valence-corrected chi connectivity index (χ3v) is 2.01. The van der Waals surface area contributed by atoms with Crippen LogP contribution in [0.25, 0.3) is 11.0 Å². The van der Waals surface area contributed by atoms with Crippen LogP contribution < -0.4 is 4.74 Å². The number of carbonyl (C=O) groups excluding carboxylic acids is 1. The van der Waals surface area contributed by atoms with Gasteiger partial charge in [-0.15, -0.1) is 0 Å². The SMILES string of the molecule is CC(=O)Oc1ccc([N+](=O)[O-])c2occc12. The molecule has 6 nitrogen and oxygen atoms in total. The van der Waals surface area contributed by atoms with Gasteiger partial charge in [-0.1, -0.05) is 0 Å². The van der Waals surface area contributed by atoms with E-state index < -0.39 is 10.9 Å². The highest BCUT2D eigenvalue weighted by atomic mass is 16.6. The van der Waals surface area contributed by atoms with Gasteiger partial charge in [-0.05, 0) is 12.1 Å². The number of fused-ring (bicyclic) bond motifs is 1. The molecule has 0 amide bonds. The average Bonchev–Trinajstić information content (AvgIpc) is 2.65. The molecule has 16 heavy (non-hydrogen) atoms. The van der Waals surface area contributed by atoms with Crippen molar-refractivity contribution in [3.05, 3.63) is 34.6 Å². The Kier molecular flexibility index (Phi) is 2.32. The van der Waals surface area contributed by atoms with Crippen molar-refractivity contribution >= 4 is 22.6 Å². The minimum Gasteiger partial charge on any atom is -0.457 e. The second kappa shape index (κ2) is 3.65. The van der Waals surface area contributed by atoms with E-state index in [0.717, 1.165) is 0 Å². The summed E-state index contributed by atoms with van der Waals surface area (Å²) in [6, 6.07) is 4.13. The van der Waals surface area contributed by atoms with Crippen molar-refractivity contribution in [2.24, 2.45) is 0 Å². The summed E-state index contributed by atoms with van der Waals surface area (Å²) < 4.78 is 9.90.